The van der Waals surface area contributed by atoms with Gasteiger partial charge in [0.2, 0.25) is 5.91 Å². The average molecular weight is 240 g/mol. The van der Waals surface area contributed by atoms with Crippen molar-refractivity contribution < 1.29 is 4.79 Å². The van der Waals surface area contributed by atoms with E-state index in [9.17, 15) is 4.79 Å². The van der Waals surface area contributed by atoms with Gasteiger partial charge in [0.05, 0.1) is 0 Å². The van der Waals surface area contributed by atoms with Crippen molar-refractivity contribution in [3.63, 3.8) is 0 Å². The SMILES string of the molecule is CCC(NC(=O)CCC1CCCCN1)C(C)C. The highest BCUT2D eigenvalue weighted by Gasteiger charge is 2.17. The van der Waals surface area contributed by atoms with Gasteiger partial charge >= 0.3 is 0 Å². The number of nitrogens with one attached hydrogen (secondary N) is 2. The second-order valence-electron chi connectivity index (χ2n) is 5.51. The molecule has 3 nitrogen and oxygen atoms in total. The summed E-state index contributed by atoms with van der Waals surface area (Å²) < 4.78 is 0. The van der Waals surface area contributed by atoms with Crippen LogP contribution in [0.2, 0.25) is 0 Å². The molecule has 0 aliphatic carbocycles. The van der Waals surface area contributed by atoms with E-state index >= 15 is 0 Å². The highest BCUT2D eigenvalue weighted by Crippen LogP contribution is 2.12. The second kappa shape index (κ2) is 7.70. The Kier molecular flexibility index (Phi) is 6.56. The smallest absolute Gasteiger partial charge is 0.220 e. The molecule has 0 aromatic carbocycles. The van der Waals surface area contributed by atoms with Crippen LogP contribution in [0.1, 0.15) is 59.3 Å². The minimum atomic E-state index is 0.220. The van der Waals surface area contributed by atoms with Gasteiger partial charge in [-0.05, 0) is 38.1 Å². The third kappa shape index (κ3) is 5.53. The highest BCUT2D eigenvalue weighted by atomic mass is 16.1. The summed E-state index contributed by atoms with van der Waals surface area (Å²) in [6.45, 7) is 7.58. The number of hydrogen-bond acceptors (Lipinski definition) is 2. The first-order valence-electron chi connectivity index (χ1n) is 7.16. The number of carbonyl (C=O) groups is 1. The molecule has 1 rings (SSSR count). The zero-order chi connectivity index (χ0) is 12.7. The van der Waals surface area contributed by atoms with Crippen molar-refractivity contribution in [2.75, 3.05) is 6.54 Å². The van der Waals surface area contributed by atoms with Crippen LogP contribution in [0.4, 0.5) is 0 Å². The zero-order valence-electron chi connectivity index (χ0n) is 11.6. The van der Waals surface area contributed by atoms with Gasteiger partial charge < -0.3 is 10.6 Å². The summed E-state index contributed by atoms with van der Waals surface area (Å²) in [4.78, 5) is 11.8. The molecule has 0 radical (unpaired) electrons. The van der Waals surface area contributed by atoms with Gasteiger partial charge in [-0.2, -0.15) is 0 Å². The van der Waals surface area contributed by atoms with E-state index in [1.807, 2.05) is 0 Å². The van der Waals surface area contributed by atoms with Gasteiger partial charge in [-0.1, -0.05) is 27.2 Å². The first-order chi connectivity index (χ1) is 8.13. The van der Waals surface area contributed by atoms with Crippen molar-refractivity contribution in [1.82, 2.24) is 10.6 Å². The van der Waals surface area contributed by atoms with Crippen molar-refractivity contribution in [3.05, 3.63) is 0 Å². The fourth-order valence-corrected chi connectivity index (χ4v) is 2.49. The van der Waals surface area contributed by atoms with E-state index in [2.05, 4.69) is 31.4 Å². The first-order valence-corrected chi connectivity index (χ1v) is 7.16. The molecule has 2 N–H and O–H groups in total. The van der Waals surface area contributed by atoms with Crippen LogP contribution >= 0.6 is 0 Å². The molecule has 1 aliphatic rings. The Morgan fingerprint density at radius 2 is 2.18 bits per heavy atom. The minimum absolute atomic E-state index is 0.220. The van der Waals surface area contributed by atoms with Gasteiger partial charge in [-0.15, -0.1) is 0 Å². The maximum Gasteiger partial charge on any atom is 0.220 e. The third-order valence-electron chi connectivity index (χ3n) is 3.72. The lowest BCUT2D eigenvalue weighted by Crippen LogP contribution is -2.39. The Balaban J connectivity index is 2.19. The van der Waals surface area contributed by atoms with Crippen molar-refractivity contribution >= 4 is 5.91 Å². The standard InChI is InChI=1S/C14H28N2O/c1-4-13(11(2)3)16-14(17)9-8-12-7-5-6-10-15-12/h11-13,15H,4-10H2,1-3H3,(H,16,17). The van der Waals surface area contributed by atoms with Crippen LogP contribution in [0.3, 0.4) is 0 Å². The molecule has 2 unspecified atom stereocenters. The predicted molar refractivity (Wildman–Crippen MR) is 71.9 cm³/mol. The summed E-state index contributed by atoms with van der Waals surface area (Å²) >= 11 is 0. The second-order valence-corrected chi connectivity index (χ2v) is 5.51. The van der Waals surface area contributed by atoms with Gasteiger partial charge in [-0.3, -0.25) is 4.79 Å². The maximum absolute atomic E-state index is 11.8. The van der Waals surface area contributed by atoms with Crippen molar-refractivity contribution in [2.45, 2.75) is 71.4 Å². The highest BCUT2D eigenvalue weighted by molar-refractivity contribution is 5.76. The Morgan fingerprint density at radius 1 is 1.41 bits per heavy atom. The molecule has 3 heteroatoms. The van der Waals surface area contributed by atoms with E-state index in [1.54, 1.807) is 0 Å². The molecule has 1 aliphatic heterocycles. The minimum Gasteiger partial charge on any atom is -0.353 e. The van der Waals surface area contributed by atoms with Crippen LogP contribution < -0.4 is 10.6 Å². The lowest BCUT2D eigenvalue weighted by molar-refractivity contribution is -0.122. The Labute approximate surface area is 106 Å². The van der Waals surface area contributed by atoms with Crippen LogP contribution in [0, 0.1) is 5.92 Å². The van der Waals surface area contributed by atoms with E-state index in [-0.39, 0.29) is 5.91 Å². The van der Waals surface area contributed by atoms with E-state index < -0.39 is 0 Å². The summed E-state index contributed by atoms with van der Waals surface area (Å²) in [5, 5.41) is 6.62. The fraction of sp³-hybridized carbons (Fsp3) is 0.929. The molecule has 0 aromatic heterocycles. The summed E-state index contributed by atoms with van der Waals surface area (Å²) in [6, 6.07) is 0.899. The Hall–Kier alpha value is -0.570. The molecule has 2 atom stereocenters. The summed E-state index contributed by atoms with van der Waals surface area (Å²) in [5.74, 6) is 0.745. The van der Waals surface area contributed by atoms with Crippen LogP contribution in [0.25, 0.3) is 0 Å². The molecule has 0 spiro atoms. The molecule has 1 fully saturated rings. The van der Waals surface area contributed by atoms with E-state index in [0.717, 1.165) is 19.4 Å². The normalized spacial score (nSPS) is 22.5. The lowest BCUT2D eigenvalue weighted by Gasteiger charge is -2.24. The van der Waals surface area contributed by atoms with Crippen LogP contribution in [0.5, 0.6) is 0 Å². The van der Waals surface area contributed by atoms with Gasteiger partial charge in [-0.25, -0.2) is 0 Å². The molecular weight excluding hydrogens is 212 g/mol. The monoisotopic (exact) mass is 240 g/mol. The maximum atomic E-state index is 11.8. The molecule has 1 amide bonds. The lowest BCUT2D eigenvalue weighted by atomic mass is 9.99. The number of carbonyl (C=O) groups excluding carboxylic acids is 1. The van der Waals surface area contributed by atoms with Gasteiger partial charge in [0, 0.05) is 18.5 Å². The average Bonchev–Trinajstić information content (AvgIpc) is 2.34. The van der Waals surface area contributed by atoms with Crippen LogP contribution in [-0.4, -0.2) is 24.5 Å². The van der Waals surface area contributed by atoms with Crippen molar-refractivity contribution in [1.29, 1.82) is 0 Å². The van der Waals surface area contributed by atoms with Gasteiger partial charge in [0.1, 0.15) is 0 Å². The van der Waals surface area contributed by atoms with E-state index in [0.29, 0.717) is 24.4 Å². The predicted octanol–water partition coefficient (Wildman–Crippen LogP) is 2.46. The summed E-state index contributed by atoms with van der Waals surface area (Å²) in [7, 11) is 0. The van der Waals surface area contributed by atoms with Crippen molar-refractivity contribution in [2.24, 2.45) is 5.92 Å². The molecular formula is C14H28N2O. The third-order valence-corrected chi connectivity index (χ3v) is 3.72. The van der Waals surface area contributed by atoms with Crippen LogP contribution in [0.15, 0.2) is 0 Å². The van der Waals surface area contributed by atoms with Gasteiger partial charge in [0.15, 0.2) is 0 Å². The molecule has 0 aromatic rings. The molecule has 17 heavy (non-hydrogen) atoms. The topological polar surface area (TPSA) is 41.1 Å². The molecule has 0 saturated carbocycles. The molecule has 0 bridgehead atoms. The number of piperidine rings is 1. The zero-order valence-corrected chi connectivity index (χ0v) is 11.6. The number of rotatable bonds is 6. The van der Waals surface area contributed by atoms with Crippen LogP contribution in [-0.2, 0) is 4.79 Å². The Bertz CT molecular complexity index is 222. The van der Waals surface area contributed by atoms with E-state index in [1.165, 1.54) is 19.3 Å². The van der Waals surface area contributed by atoms with Gasteiger partial charge in [0.25, 0.3) is 0 Å². The molecule has 1 saturated heterocycles. The summed E-state index contributed by atoms with van der Waals surface area (Å²) in [6.07, 6.45) is 6.50. The largest absolute Gasteiger partial charge is 0.353 e. The fourth-order valence-electron chi connectivity index (χ4n) is 2.49. The summed E-state index contributed by atoms with van der Waals surface area (Å²) in [5.41, 5.74) is 0. The number of amides is 1. The molecule has 1 heterocycles. The Morgan fingerprint density at radius 3 is 2.71 bits per heavy atom. The van der Waals surface area contributed by atoms with E-state index in [4.69, 9.17) is 0 Å². The van der Waals surface area contributed by atoms with Crippen molar-refractivity contribution in [3.8, 4) is 0 Å². The molecule has 100 valence electrons. The quantitative estimate of drug-likeness (QED) is 0.749. The first kappa shape index (κ1) is 14.5. The number of hydrogen-bond donors (Lipinski definition) is 2.